The Labute approximate surface area is 115 Å². The van der Waals surface area contributed by atoms with Crippen LogP contribution in [0.15, 0.2) is 30.9 Å². The summed E-state index contributed by atoms with van der Waals surface area (Å²) < 4.78 is 5.60. The number of methoxy groups -OCH3 is 1. The smallest absolute Gasteiger partial charge is 0.122 e. The highest BCUT2D eigenvalue weighted by Crippen LogP contribution is 2.41. The third-order valence-electron chi connectivity index (χ3n) is 4.41. The molecule has 0 saturated heterocycles. The monoisotopic (exact) mass is 257 g/mol. The molecule has 2 aliphatic carbocycles. The minimum Gasteiger partial charge on any atom is -0.496 e. The van der Waals surface area contributed by atoms with E-state index in [9.17, 15) is 0 Å². The lowest BCUT2D eigenvalue weighted by atomic mass is 9.77. The van der Waals surface area contributed by atoms with Crippen LogP contribution in [0.3, 0.4) is 0 Å². The van der Waals surface area contributed by atoms with E-state index in [0.29, 0.717) is 12.0 Å². The molecule has 19 heavy (non-hydrogen) atoms. The Morgan fingerprint density at radius 3 is 2.89 bits per heavy atom. The number of ether oxygens (including phenoxy) is 1. The van der Waals surface area contributed by atoms with Crippen molar-refractivity contribution in [2.45, 2.75) is 50.1 Å². The molecule has 1 N–H and O–H groups in total. The second-order valence-electron chi connectivity index (χ2n) is 5.75. The highest BCUT2D eigenvalue weighted by Gasteiger charge is 2.34. The van der Waals surface area contributed by atoms with Gasteiger partial charge in [0.15, 0.2) is 0 Å². The van der Waals surface area contributed by atoms with Crippen molar-refractivity contribution in [1.29, 1.82) is 0 Å². The first kappa shape index (κ1) is 12.7. The predicted molar refractivity (Wildman–Crippen MR) is 78.8 cm³/mol. The lowest BCUT2D eigenvalue weighted by Gasteiger charge is -2.35. The molecule has 0 aromatic heterocycles. The van der Waals surface area contributed by atoms with Crippen LogP contribution in [-0.2, 0) is 6.42 Å². The number of rotatable bonds is 5. The molecule has 2 aliphatic rings. The van der Waals surface area contributed by atoms with E-state index in [1.165, 1.54) is 30.4 Å². The van der Waals surface area contributed by atoms with E-state index in [0.717, 1.165) is 24.6 Å². The molecule has 3 rings (SSSR count). The van der Waals surface area contributed by atoms with Gasteiger partial charge in [-0.05, 0) is 43.7 Å². The number of benzene rings is 1. The number of nitrogens with one attached hydrogen (secondary N) is 1. The van der Waals surface area contributed by atoms with Crippen LogP contribution in [0.2, 0.25) is 0 Å². The minimum absolute atomic E-state index is 0.512. The first-order valence-electron chi connectivity index (χ1n) is 7.36. The van der Waals surface area contributed by atoms with Gasteiger partial charge in [0.05, 0.1) is 7.11 Å². The number of hydrogen-bond acceptors (Lipinski definition) is 2. The summed E-state index contributed by atoms with van der Waals surface area (Å²) >= 11 is 0. The normalized spacial score (nSPS) is 25.7. The molecule has 1 fully saturated rings. The molecule has 0 amide bonds. The van der Waals surface area contributed by atoms with Crippen molar-refractivity contribution >= 4 is 0 Å². The van der Waals surface area contributed by atoms with Crippen LogP contribution in [0, 0.1) is 0 Å². The van der Waals surface area contributed by atoms with Crippen LogP contribution >= 0.6 is 0 Å². The summed E-state index contributed by atoms with van der Waals surface area (Å²) in [6.45, 7) is 3.94. The molecular weight excluding hydrogens is 234 g/mol. The summed E-state index contributed by atoms with van der Waals surface area (Å²) in [6.07, 6.45) is 8.15. The van der Waals surface area contributed by atoms with Gasteiger partial charge in [-0.25, -0.2) is 0 Å². The molecule has 0 spiro atoms. The van der Waals surface area contributed by atoms with Gasteiger partial charge < -0.3 is 10.1 Å². The molecule has 1 saturated carbocycles. The minimum atomic E-state index is 0.512. The van der Waals surface area contributed by atoms with Crippen LogP contribution < -0.4 is 10.1 Å². The van der Waals surface area contributed by atoms with Crippen molar-refractivity contribution < 1.29 is 4.74 Å². The lowest BCUT2D eigenvalue weighted by Crippen LogP contribution is -2.39. The van der Waals surface area contributed by atoms with Gasteiger partial charge in [0.2, 0.25) is 0 Å². The Morgan fingerprint density at radius 1 is 1.37 bits per heavy atom. The fourth-order valence-electron chi connectivity index (χ4n) is 3.33. The molecule has 0 radical (unpaired) electrons. The van der Waals surface area contributed by atoms with Crippen LogP contribution in [0.4, 0.5) is 0 Å². The number of allylic oxidation sites excluding steroid dienone is 1. The average Bonchev–Trinajstić information content (AvgIpc) is 3.24. The van der Waals surface area contributed by atoms with Crippen molar-refractivity contribution in [3.05, 3.63) is 42.0 Å². The summed E-state index contributed by atoms with van der Waals surface area (Å²) in [5, 5.41) is 3.82. The average molecular weight is 257 g/mol. The summed E-state index contributed by atoms with van der Waals surface area (Å²) in [5.41, 5.74) is 2.87. The third kappa shape index (κ3) is 2.55. The standard InChI is InChI=1S/C17H23NO/c1-3-5-14-15(18-13-9-10-13)11-8-12-6-4-7-16(19-2)17(12)14/h3-4,6-7,13-15,18H,1,5,8-11H2,2H3/t14-,15-/m0/s1. The highest BCUT2D eigenvalue weighted by molar-refractivity contribution is 5.46. The van der Waals surface area contributed by atoms with Crippen LogP contribution in [0.1, 0.15) is 42.7 Å². The maximum absolute atomic E-state index is 5.60. The Bertz CT molecular complexity index is 450. The fourth-order valence-corrected chi connectivity index (χ4v) is 3.33. The maximum atomic E-state index is 5.60. The van der Waals surface area contributed by atoms with E-state index in [2.05, 4.69) is 30.1 Å². The van der Waals surface area contributed by atoms with Gasteiger partial charge in [-0.3, -0.25) is 0 Å². The quantitative estimate of drug-likeness (QED) is 0.816. The van der Waals surface area contributed by atoms with Gasteiger partial charge in [0, 0.05) is 23.6 Å². The van der Waals surface area contributed by atoms with Crippen LogP contribution in [0.5, 0.6) is 5.75 Å². The van der Waals surface area contributed by atoms with Crippen molar-refractivity contribution in [3.8, 4) is 5.75 Å². The predicted octanol–water partition coefficient (Wildman–Crippen LogP) is 3.42. The summed E-state index contributed by atoms with van der Waals surface area (Å²) in [6, 6.07) is 7.79. The summed E-state index contributed by atoms with van der Waals surface area (Å²) in [7, 11) is 1.78. The fraction of sp³-hybridized carbons (Fsp3) is 0.529. The first-order valence-corrected chi connectivity index (χ1v) is 7.36. The van der Waals surface area contributed by atoms with Crippen LogP contribution in [0.25, 0.3) is 0 Å². The van der Waals surface area contributed by atoms with E-state index in [1.807, 2.05) is 6.08 Å². The first-order chi connectivity index (χ1) is 9.33. The molecular formula is C17H23NO. The number of hydrogen-bond donors (Lipinski definition) is 1. The van der Waals surface area contributed by atoms with Gasteiger partial charge in [-0.2, -0.15) is 0 Å². The van der Waals surface area contributed by atoms with Gasteiger partial charge in [-0.1, -0.05) is 18.2 Å². The molecule has 2 nitrogen and oxygen atoms in total. The molecule has 1 aromatic rings. The molecule has 2 atom stereocenters. The second kappa shape index (κ2) is 5.38. The highest BCUT2D eigenvalue weighted by atomic mass is 16.5. The van der Waals surface area contributed by atoms with Gasteiger partial charge in [-0.15, -0.1) is 6.58 Å². The topological polar surface area (TPSA) is 21.3 Å². The number of aryl methyl sites for hydroxylation is 1. The maximum Gasteiger partial charge on any atom is 0.122 e. The van der Waals surface area contributed by atoms with E-state index in [-0.39, 0.29) is 0 Å². The molecule has 0 unspecified atom stereocenters. The van der Waals surface area contributed by atoms with Crippen molar-refractivity contribution in [2.75, 3.05) is 7.11 Å². The van der Waals surface area contributed by atoms with Gasteiger partial charge in [0.25, 0.3) is 0 Å². The Balaban J connectivity index is 1.93. The largest absolute Gasteiger partial charge is 0.496 e. The molecule has 0 bridgehead atoms. The van der Waals surface area contributed by atoms with Crippen molar-refractivity contribution in [3.63, 3.8) is 0 Å². The Morgan fingerprint density at radius 2 is 2.21 bits per heavy atom. The van der Waals surface area contributed by atoms with E-state index in [4.69, 9.17) is 4.74 Å². The Kier molecular flexibility index (Phi) is 3.61. The zero-order chi connectivity index (χ0) is 13.2. The summed E-state index contributed by atoms with van der Waals surface area (Å²) in [5.74, 6) is 1.56. The molecule has 102 valence electrons. The van der Waals surface area contributed by atoms with Crippen molar-refractivity contribution in [1.82, 2.24) is 5.32 Å². The molecule has 0 aliphatic heterocycles. The van der Waals surface area contributed by atoms with E-state index >= 15 is 0 Å². The SMILES string of the molecule is C=CC[C@@H]1c2c(cccc2OC)CC[C@@H]1NC1CC1. The lowest BCUT2D eigenvalue weighted by molar-refractivity contribution is 0.357. The molecule has 2 heteroatoms. The van der Waals surface area contributed by atoms with Gasteiger partial charge >= 0.3 is 0 Å². The zero-order valence-corrected chi connectivity index (χ0v) is 11.7. The zero-order valence-electron chi connectivity index (χ0n) is 11.7. The third-order valence-corrected chi connectivity index (χ3v) is 4.41. The molecule has 1 aromatic carbocycles. The van der Waals surface area contributed by atoms with Crippen LogP contribution in [-0.4, -0.2) is 19.2 Å². The van der Waals surface area contributed by atoms with E-state index < -0.39 is 0 Å². The summed E-state index contributed by atoms with van der Waals surface area (Å²) in [4.78, 5) is 0. The van der Waals surface area contributed by atoms with Gasteiger partial charge in [0.1, 0.15) is 5.75 Å². The van der Waals surface area contributed by atoms with E-state index in [1.54, 1.807) is 7.11 Å². The Hall–Kier alpha value is -1.28. The molecule has 0 heterocycles. The number of fused-ring (bicyclic) bond motifs is 1. The second-order valence-corrected chi connectivity index (χ2v) is 5.75. The van der Waals surface area contributed by atoms with Crippen molar-refractivity contribution in [2.24, 2.45) is 0 Å².